The molecule has 1 heterocycles. The van der Waals surface area contributed by atoms with Crippen molar-refractivity contribution in [1.82, 2.24) is 0 Å². The van der Waals surface area contributed by atoms with Crippen molar-refractivity contribution >= 4 is 10.8 Å². The molecule has 1 nitrogen and oxygen atoms in total. The van der Waals surface area contributed by atoms with Gasteiger partial charge in [0.15, 0.2) is 0 Å². The molecule has 0 radical (unpaired) electrons. The first-order valence-electron chi connectivity index (χ1n) is 5.01. The molecule has 1 aliphatic rings. The van der Waals surface area contributed by atoms with E-state index in [2.05, 4.69) is 43.3 Å². The number of ether oxygens (including phenoxy) is 1. The SMILES string of the molecule is CC1COc2ccc3ccccc3c21. The van der Waals surface area contributed by atoms with Gasteiger partial charge in [0, 0.05) is 11.5 Å². The molecule has 3 rings (SSSR count). The van der Waals surface area contributed by atoms with Crippen LogP contribution in [0.15, 0.2) is 36.4 Å². The fourth-order valence-corrected chi connectivity index (χ4v) is 2.21. The van der Waals surface area contributed by atoms with Gasteiger partial charge in [-0.05, 0) is 16.8 Å². The van der Waals surface area contributed by atoms with Crippen molar-refractivity contribution in [3.8, 4) is 5.75 Å². The first-order chi connectivity index (χ1) is 6.86. The van der Waals surface area contributed by atoms with E-state index in [1.54, 1.807) is 0 Å². The normalized spacial score (nSPS) is 19.4. The molecule has 2 aromatic rings. The van der Waals surface area contributed by atoms with Gasteiger partial charge in [-0.15, -0.1) is 0 Å². The van der Waals surface area contributed by atoms with Crippen LogP contribution in [-0.2, 0) is 0 Å². The summed E-state index contributed by atoms with van der Waals surface area (Å²) in [5.41, 5.74) is 1.38. The van der Waals surface area contributed by atoms with Crippen LogP contribution in [-0.4, -0.2) is 6.61 Å². The van der Waals surface area contributed by atoms with Gasteiger partial charge in [-0.2, -0.15) is 0 Å². The van der Waals surface area contributed by atoms with E-state index in [1.165, 1.54) is 16.3 Å². The Morgan fingerprint density at radius 1 is 1.14 bits per heavy atom. The smallest absolute Gasteiger partial charge is 0.123 e. The summed E-state index contributed by atoms with van der Waals surface area (Å²) >= 11 is 0. The summed E-state index contributed by atoms with van der Waals surface area (Å²) in [6.45, 7) is 3.04. The molecule has 1 aliphatic heterocycles. The molecule has 1 heteroatoms. The molecule has 14 heavy (non-hydrogen) atoms. The lowest BCUT2D eigenvalue weighted by Gasteiger charge is -2.05. The lowest BCUT2D eigenvalue weighted by molar-refractivity contribution is 0.337. The highest BCUT2D eigenvalue weighted by molar-refractivity contribution is 5.88. The van der Waals surface area contributed by atoms with Crippen molar-refractivity contribution in [1.29, 1.82) is 0 Å². The molecular weight excluding hydrogens is 172 g/mol. The number of benzene rings is 2. The van der Waals surface area contributed by atoms with Crippen molar-refractivity contribution in [3.63, 3.8) is 0 Å². The molecule has 70 valence electrons. The highest BCUT2D eigenvalue weighted by Gasteiger charge is 2.21. The minimum Gasteiger partial charge on any atom is -0.493 e. The fourth-order valence-electron chi connectivity index (χ4n) is 2.21. The summed E-state index contributed by atoms with van der Waals surface area (Å²) in [5.74, 6) is 1.59. The number of hydrogen-bond acceptors (Lipinski definition) is 1. The quantitative estimate of drug-likeness (QED) is 0.610. The minimum absolute atomic E-state index is 0.524. The van der Waals surface area contributed by atoms with Crippen LogP contribution in [0.25, 0.3) is 10.8 Å². The van der Waals surface area contributed by atoms with Crippen molar-refractivity contribution in [2.24, 2.45) is 0 Å². The summed E-state index contributed by atoms with van der Waals surface area (Å²) in [5, 5.41) is 2.65. The van der Waals surface area contributed by atoms with E-state index < -0.39 is 0 Å². The second-order valence-electron chi connectivity index (χ2n) is 3.91. The van der Waals surface area contributed by atoms with Crippen molar-refractivity contribution in [3.05, 3.63) is 42.0 Å². The van der Waals surface area contributed by atoms with Crippen molar-refractivity contribution in [2.75, 3.05) is 6.61 Å². The lowest BCUT2D eigenvalue weighted by Crippen LogP contribution is -1.93. The molecule has 0 bridgehead atoms. The third-order valence-electron chi connectivity index (χ3n) is 2.91. The van der Waals surface area contributed by atoms with Crippen LogP contribution in [0.2, 0.25) is 0 Å². The molecule has 0 saturated heterocycles. The minimum atomic E-state index is 0.524. The molecule has 0 amide bonds. The van der Waals surface area contributed by atoms with E-state index in [1.807, 2.05) is 0 Å². The number of hydrogen-bond donors (Lipinski definition) is 0. The highest BCUT2D eigenvalue weighted by atomic mass is 16.5. The Kier molecular flexibility index (Phi) is 1.54. The molecule has 0 aliphatic carbocycles. The van der Waals surface area contributed by atoms with Crippen molar-refractivity contribution < 1.29 is 4.74 Å². The average molecular weight is 184 g/mol. The molecular formula is C13H12O. The largest absolute Gasteiger partial charge is 0.493 e. The lowest BCUT2D eigenvalue weighted by atomic mass is 9.96. The Balaban J connectivity index is 2.41. The monoisotopic (exact) mass is 184 g/mol. The zero-order valence-corrected chi connectivity index (χ0v) is 8.16. The standard InChI is InChI=1S/C13H12O/c1-9-8-14-12-7-6-10-4-2-3-5-11(10)13(9)12/h2-7,9H,8H2,1H3. The van der Waals surface area contributed by atoms with Gasteiger partial charge in [0.1, 0.15) is 5.75 Å². The molecule has 0 fully saturated rings. The maximum Gasteiger partial charge on any atom is 0.123 e. The van der Waals surface area contributed by atoms with Gasteiger partial charge in [0.25, 0.3) is 0 Å². The Bertz CT molecular complexity index is 488. The van der Waals surface area contributed by atoms with E-state index in [0.29, 0.717) is 5.92 Å². The Morgan fingerprint density at radius 2 is 2.00 bits per heavy atom. The predicted molar refractivity (Wildman–Crippen MR) is 57.9 cm³/mol. The van der Waals surface area contributed by atoms with Crippen LogP contribution < -0.4 is 4.74 Å². The van der Waals surface area contributed by atoms with Gasteiger partial charge in [-0.1, -0.05) is 37.3 Å². The molecule has 0 aromatic heterocycles. The second kappa shape index (κ2) is 2.74. The van der Waals surface area contributed by atoms with Crippen LogP contribution in [0.4, 0.5) is 0 Å². The summed E-state index contributed by atoms with van der Waals surface area (Å²) in [4.78, 5) is 0. The molecule has 0 saturated carbocycles. The molecule has 0 spiro atoms. The fraction of sp³-hybridized carbons (Fsp3) is 0.231. The Hall–Kier alpha value is -1.50. The highest BCUT2D eigenvalue weighted by Crippen LogP contribution is 2.38. The zero-order chi connectivity index (χ0) is 9.54. The van der Waals surface area contributed by atoms with E-state index >= 15 is 0 Å². The Labute approximate surface area is 83.3 Å². The zero-order valence-electron chi connectivity index (χ0n) is 8.16. The second-order valence-corrected chi connectivity index (χ2v) is 3.91. The van der Waals surface area contributed by atoms with E-state index in [9.17, 15) is 0 Å². The maximum absolute atomic E-state index is 5.62. The van der Waals surface area contributed by atoms with Crippen LogP contribution in [0.3, 0.4) is 0 Å². The third kappa shape index (κ3) is 0.955. The summed E-state index contributed by atoms with van der Waals surface area (Å²) < 4.78 is 5.62. The number of rotatable bonds is 0. The summed E-state index contributed by atoms with van der Waals surface area (Å²) in [6, 6.07) is 12.7. The summed E-state index contributed by atoms with van der Waals surface area (Å²) in [7, 11) is 0. The van der Waals surface area contributed by atoms with Gasteiger partial charge < -0.3 is 4.74 Å². The van der Waals surface area contributed by atoms with Gasteiger partial charge >= 0.3 is 0 Å². The predicted octanol–water partition coefficient (Wildman–Crippen LogP) is 3.34. The van der Waals surface area contributed by atoms with Crippen LogP contribution in [0.5, 0.6) is 5.75 Å². The first-order valence-corrected chi connectivity index (χ1v) is 5.01. The van der Waals surface area contributed by atoms with Gasteiger partial charge in [0.05, 0.1) is 6.61 Å². The molecule has 0 N–H and O–H groups in total. The van der Waals surface area contributed by atoms with Gasteiger partial charge in [-0.3, -0.25) is 0 Å². The van der Waals surface area contributed by atoms with Crippen molar-refractivity contribution in [2.45, 2.75) is 12.8 Å². The topological polar surface area (TPSA) is 9.23 Å². The van der Waals surface area contributed by atoms with Crippen LogP contribution in [0, 0.1) is 0 Å². The van der Waals surface area contributed by atoms with Crippen LogP contribution in [0.1, 0.15) is 18.4 Å². The van der Waals surface area contributed by atoms with Gasteiger partial charge in [-0.25, -0.2) is 0 Å². The van der Waals surface area contributed by atoms with E-state index in [4.69, 9.17) is 4.74 Å². The molecule has 2 aromatic carbocycles. The van der Waals surface area contributed by atoms with Crippen LogP contribution >= 0.6 is 0 Å². The number of fused-ring (bicyclic) bond motifs is 3. The average Bonchev–Trinajstić information content (AvgIpc) is 2.61. The Morgan fingerprint density at radius 3 is 2.93 bits per heavy atom. The molecule has 1 unspecified atom stereocenters. The maximum atomic E-state index is 5.62. The summed E-state index contributed by atoms with van der Waals surface area (Å²) in [6.07, 6.45) is 0. The molecule has 1 atom stereocenters. The third-order valence-corrected chi connectivity index (χ3v) is 2.91. The van der Waals surface area contributed by atoms with Gasteiger partial charge in [0.2, 0.25) is 0 Å². The first kappa shape index (κ1) is 7.86. The van der Waals surface area contributed by atoms with E-state index in [-0.39, 0.29) is 0 Å². The van der Waals surface area contributed by atoms with E-state index in [0.717, 1.165) is 12.4 Å².